The molecule has 0 saturated heterocycles. The first-order valence-electron chi connectivity index (χ1n) is 6.99. The number of ether oxygens (including phenoxy) is 1. The molecular weight excluding hydrogens is 350 g/mol. The van der Waals surface area contributed by atoms with Gasteiger partial charge in [0.1, 0.15) is 16.7 Å². The second-order valence-electron chi connectivity index (χ2n) is 4.68. The van der Waals surface area contributed by atoms with E-state index in [1.54, 1.807) is 41.5 Å². The average molecular weight is 364 g/mol. The Morgan fingerprint density at radius 2 is 2.04 bits per heavy atom. The highest BCUT2D eigenvalue weighted by atomic mass is 35.5. The third kappa shape index (κ3) is 3.91. The van der Waals surface area contributed by atoms with Crippen molar-refractivity contribution in [2.45, 2.75) is 13.3 Å². The number of hydrogen-bond donors (Lipinski definition) is 1. The van der Waals surface area contributed by atoms with Gasteiger partial charge in [0.25, 0.3) is 5.91 Å². The van der Waals surface area contributed by atoms with Crippen molar-refractivity contribution in [2.24, 2.45) is 5.73 Å². The minimum absolute atomic E-state index is 0.00440. The molecule has 124 valence electrons. The van der Waals surface area contributed by atoms with Gasteiger partial charge in [-0.25, -0.2) is 0 Å². The number of benzene rings is 1. The molecule has 1 amide bonds. The van der Waals surface area contributed by atoms with Crippen LogP contribution in [-0.4, -0.2) is 18.5 Å². The van der Waals surface area contributed by atoms with Crippen LogP contribution in [0.1, 0.15) is 13.3 Å². The van der Waals surface area contributed by atoms with Crippen molar-refractivity contribution in [3.05, 3.63) is 51.0 Å². The lowest BCUT2D eigenvalue weighted by atomic mass is 10.2. The molecule has 0 atom stereocenters. The van der Waals surface area contributed by atoms with Crippen molar-refractivity contribution in [3.8, 4) is 6.07 Å². The normalized spacial score (nSPS) is 15.5. The summed E-state index contributed by atoms with van der Waals surface area (Å²) < 4.78 is 4.97. The molecule has 0 unspecified atom stereocenters. The van der Waals surface area contributed by atoms with Gasteiger partial charge < -0.3 is 15.4 Å². The largest absolute Gasteiger partial charge is 0.466 e. The number of nitriles is 1. The summed E-state index contributed by atoms with van der Waals surface area (Å²) in [6.07, 6.45) is 0.00440. The molecule has 0 aromatic heterocycles. The number of primary amides is 1. The van der Waals surface area contributed by atoms with Gasteiger partial charge in [-0.2, -0.15) is 5.26 Å². The molecule has 8 heteroatoms. The molecule has 1 aromatic rings. The molecule has 0 radical (unpaired) electrons. The Labute approximate surface area is 148 Å². The number of esters is 1. The molecule has 24 heavy (non-hydrogen) atoms. The first-order chi connectivity index (χ1) is 11.5. The Bertz CT molecular complexity index is 766. The fraction of sp³-hybridized carbons (Fsp3) is 0.188. The van der Waals surface area contributed by atoms with E-state index in [1.165, 1.54) is 0 Å². The van der Waals surface area contributed by atoms with Crippen LogP contribution in [0.3, 0.4) is 0 Å². The van der Waals surface area contributed by atoms with Crippen molar-refractivity contribution in [1.29, 1.82) is 5.26 Å². The number of anilines is 1. The maximum atomic E-state index is 11.8. The zero-order valence-electron chi connectivity index (χ0n) is 12.8. The number of carbonyl (C=O) groups is 2. The summed E-state index contributed by atoms with van der Waals surface area (Å²) >= 11 is 7.06. The molecule has 0 bridgehead atoms. The van der Waals surface area contributed by atoms with Crippen LogP contribution < -0.4 is 10.6 Å². The number of thioether (sulfide) groups is 1. The maximum absolute atomic E-state index is 11.8. The van der Waals surface area contributed by atoms with Crippen molar-refractivity contribution >= 4 is 40.9 Å². The quantitative estimate of drug-likeness (QED) is 0.491. The van der Waals surface area contributed by atoms with E-state index in [1.807, 2.05) is 6.07 Å². The van der Waals surface area contributed by atoms with Gasteiger partial charge in [-0.3, -0.25) is 9.59 Å². The van der Waals surface area contributed by atoms with Crippen molar-refractivity contribution in [2.75, 3.05) is 11.5 Å². The van der Waals surface area contributed by atoms with E-state index in [0.717, 1.165) is 11.8 Å². The number of halogens is 1. The SMILES string of the molecule is CCOC(=O)CC1=CS/C(=C(/C#N)C(N)=O)N1c1ccc(Cl)cc1. The van der Waals surface area contributed by atoms with Crippen LogP contribution in [0.2, 0.25) is 5.02 Å². The van der Waals surface area contributed by atoms with E-state index >= 15 is 0 Å². The van der Waals surface area contributed by atoms with E-state index in [4.69, 9.17) is 22.1 Å². The minimum atomic E-state index is -0.829. The molecule has 6 nitrogen and oxygen atoms in total. The molecule has 0 saturated carbocycles. The van der Waals surface area contributed by atoms with E-state index in [9.17, 15) is 14.9 Å². The summed E-state index contributed by atoms with van der Waals surface area (Å²) in [5.41, 5.74) is 6.36. The molecule has 1 aliphatic heterocycles. The van der Waals surface area contributed by atoms with Crippen LogP contribution in [0.5, 0.6) is 0 Å². The molecular formula is C16H14ClN3O3S. The third-order valence-electron chi connectivity index (χ3n) is 3.08. The number of nitrogens with zero attached hydrogens (tertiary/aromatic N) is 2. The van der Waals surface area contributed by atoms with Crippen LogP contribution in [0, 0.1) is 11.3 Å². The van der Waals surface area contributed by atoms with E-state index < -0.39 is 11.9 Å². The summed E-state index contributed by atoms with van der Waals surface area (Å²) in [5.74, 6) is -1.23. The second kappa shape index (κ2) is 7.90. The van der Waals surface area contributed by atoms with Gasteiger partial charge in [-0.05, 0) is 36.6 Å². The summed E-state index contributed by atoms with van der Waals surface area (Å²) in [6.45, 7) is 1.99. The predicted octanol–water partition coefficient (Wildman–Crippen LogP) is 2.91. The number of amides is 1. The molecule has 2 rings (SSSR count). The maximum Gasteiger partial charge on any atom is 0.311 e. The molecule has 1 heterocycles. The minimum Gasteiger partial charge on any atom is -0.466 e. The van der Waals surface area contributed by atoms with Gasteiger partial charge in [-0.1, -0.05) is 23.4 Å². The van der Waals surface area contributed by atoms with Gasteiger partial charge in [0.15, 0.2) is 0 Å². The Morgan fingerprint density at radius 3 is 2.58 bits per heavy atom. The summed E-state index contributed by atoms with van der Waals surface area (Å²) in [4.78, 5) is 25.0. The van der Waals surface area contributed by atoms with Gasteiger partial charge >= 0.3 is 5.97 Å². The van der Waals surface area contributed by atoms with E-state index in [-0.39, 0.29) is 18.6 Å². The molecule has 0 aliphatic carbocycles. The smallest absolute Gasteiger partial charge is 0.311 e. The van der Waals surface area contributed by atoms with Gasteiger partial charge in [-0.15, -0.1) is 0 Å². The summed E-state index contributed by atoms with van der Waals surface area (Å²) in [7, 11) is 0. The molecule has 0 fully saturated rings. The first-order valence-corrected chi connectivity index (χ1v) is 8.24. The predicted molar refractivity (Wildman–Crippen MR) is 92.7 cm³/mol. The summed E-state index contributed by atoms with van der Waals surface area (Å²) in [6, 6.07) is 8.62. The first kappa shape index (κ1) is 17.9. The Morgan fingerprint density at radius 1 is 1.38 bits per heavy atom. The monoisotopic (exact) mass is 363 g/mol. The van der Waals surface area contributed by atoms with Gasteiger partial charge in [0.05, 0.1) is 13.0 Å². The summed E-state index contributed by atoms with van der Waals surface area (Å²) in [5, 5.41) is 11.8. The Balaban J connectivity index is 2.46. The molecule has 0 spiro atoms. The third-order valence-corrected chi connectivity index (χ3v) is 4.34. The number of rotatable bonds is 5. The fourth-order valence-corrected chi connectivity index (χ4v) is 3.25. The van der Waals surface area contributed by atoms with Gasteiger partial charge in [0.2, 0.25) is 0 Å². The van der Waals surface area contributed by atoms with Gasteiger partial charge in [0, 0.05) is 16.4 Å². The standard InChI is InChI=1S/C16H14ClN3O3S/c1-2-23-14(21)7-12-9-24-16(13(8-18)15(19)22)20(12)11-5-3-10(17)4-6-11/h3-6,9H,2,7H2,1H3,(H2,19,22)/b16-13-. The lowest BCUT2D eigenvalue weighted by molar-refractivity contribution is -0.142. The van der Waals surface area contributed by atoms with E-state index in [0.29, 0.717) is 21.4 Å². The van der Waals surface area contributed by atoms with Crippen molar-refractivity contribution < 1.29 is 14.3 Å². The Hall–Kier alpha value is -2.43. The van der Waals surface area contributed by atoms with Crippen LogP contribution in [-0.2, 0) is 14.3 Å². The van der Waals surface area contributed by atoms with Crippen LogP contribution in [0.25, 0.3) is 0 Å². The zero-order chi connectivity index (χ0) is 17.7. The van der Waals surface area contributed by atoms with Crippen molar-refractivity contribution in [3.63, 3.8) is 0 Å². The lowest BCUT2D eigenvalue weighted by Crippen LogP contribution is -2.24. The average Bonchev–Trinajstić information content (AvgIpc) is 2.92. The lowest BCUT2D eigenvalue weighted by Gasteiger charge is -2.23. The topological polar surface area (TPSA) is 96.4 Å². The van der Waals surface area contributed by atoms with Crippen LogP contribution in [0.15, 0.2) is 46.0 Å². The van der Waals surface area contributed by atoms with Crippen LogP contribution in [0.4, 0.5) is 5.69 Å². The number of hydrogen-bond acceptors (Lipinski definition) is 6. The second-order valence-corrected chi connectivity index (χ2v) is 5.97. The highest BCUT2D eigenvalue weighted by Gasteiger charge is 2.29. The van der Waals surface area contributed by atoms with Crippen molar-refractivity contribution in [1.82, 2.24) is 0 Å². The van der Waals surface area contributed by atoms with Crippen LogP contribution >= 0.6 is 23.4 Å². The number of carbonyl (C=O) groups excluding carboxylic acids is 2. The van der Waals surface area contributed by atoms with E-state index in [2.05, 4.69) is 0 Å². The number of nitrogens with two attached hydrogens (primary N) is 1. The highest BCUT2D eigenvalue weighted by molar-refractivity contribution is 8.06. The molecule has 1 aliphatic rings. The zero-order valence-corrected chi connectivity index (χ0v) is 14.4. The Kier molecular flexibility index (Phi) is 5.90. The fourth-order valence-electron chi connectivity index (χ4n) is 2.09. The molecule has 1 aromatic carbocycles. The highest BCUT2D eigenvalue weighted by Crippen LogP contribution is 2.41. The molecule has 2 N–H and O–H groups in total.